The Morgan fingerprint density at radius 2 is 2.31 bits per heavy atom. The molecule has 1 aromatic rings. The molecule has 0 aliphatic carbocycles. The van der Waals surface area contributed by atoms with Crippen LogP contribution in [-0.4, -0.2) is 31.2 Å². The molecule has 0 aliphatic heterocycles. The molecule has 0 unspecified atom stereocenters. The highest BCUT2D eigenvalue weighted by Crippen LogP contribution is 2.12. The molecule has 0 amide bonds. The van der Waals surface area contributed by atoms with Gasteiger partial charge >= 0.3 is 5.97 Å². The van der Waals surface area contributed by atoms with E-state index in [1.54, 1.807) is 18.3 Å². The molecule has 0 saturated heterocycles. The van der Waals surface area contributed by atoms with Gasteiger partial charge in [-0.3, -0.25) is 4.79 Å². The summed E-state index contributed by atoms with van der Waals surface area (Å²) in [6, 6.07) is 3.57. The molecule has 2 N–H and O–H groups in total. The lowest BCUT2D eigenvalue weighted by molar-refractivity contribution is -0.138. The van der Waals surface area contributed by atoms with Gasteiger partial charge in [0.1, 0.15) is 12.4 Å². The molecule has 0 aromatic carbocycles. The summed E-state index contributed by atoms with van der Waals surface area (Å²) in [6.07, 6.45) is 2.51. The molecule has 0 radical (unpaired) electrons. The number of aromatic nitrogens is 1. The van der Waals surface area contributed by atoms with Crippen LogP contribution in [0.1, 0.15) is 13.3 Å². The van der Waals surface area contributed by atoms with Gasteiger partial charge in [-0.2, -0.15) is 0 Å². The maximum absolute atomic E-state index is 11.2. The number of anilines is 2. The number of hydrogen-bond donors (Lipinski definition) is 1. The van der Waals surface area contributed by atoms with Crippen LogP contribution in [0.3, 0.4) is 0 Å². The monoisotopic (exact) mass is 223 g/mol. The number of carbonyl (C=O) groups excluding carboxylic acids is 1. The number of nitrogens with zero attached hydrogens (tertiary/aromatic N) is 2. The first-order valence-electron chi connectivity index (χ1n) is 5.20. The number of pyridine rings is 1. The van der Waals surface area contributed by atoms with E-state index in [0.29, 0.717) is 5.69 Å². The van der Waals surface area contributed by atoms with Crippen molar-refractivity contribution >= 4 is 17.5 Å². The van der Waals surface area contributed by atoms with Crippen LogP contribution in [0.5, 0.6) is 0 Å². The smallest absolute Gasteiger partial charge is 0.325 e. The average Bonchev–Trinajstić information content (AvgIpc) is 2.29. The van der Waals surface area contributed by atoms with Gasteiger partial charge < -0.3 is 15.4 Å². The highest BCUT2D eigenvalue weighted by Gasteiger charge is 2.11. The van der Waals surface area contributed by atoms with Crippen molar-refractivity contribution in [1.82, 2.24) is 4.98 Å². The van der Waals surface area contributed by atoms with Gasteiger partial charge in [-0.25, -0.2) is 4.98 Å². The first-order valence-corrected chi connectivity index (χ1v) is 5.20. The second kappa shape index (κ2) is 5.95. The van der Waals surface area contributed by atoms with E-state index < -0.39 is 0 Å². The van der Waals surface area contributed by atoms with E-state index in [1.807, 2.05) is 11.8 Å². The lowest BCUT2D eigenvalue weighted by Crippen LogP contribution is -2.31. The number of carbonyl (C=O) groups is 1. The number of methoxy groups -OCH3 is 1. The molecular weight excluding hydrogens is 206 g/mol. The van der Waals surface area contributed by atoms with E-state index in [-0.39, 0.29) is 12.5 Å². The minimum Gasteiger partial charge on any atom is -0.468 e. The van der Waals surface area contributed by atoms with E-state index in [9.17, 15) is 4.79 Å². The van der Waals surface area contributed by atoms with Gasteiger partial charge in [-0.05, 0) is 18.6 Å². The minimum atomic E-state index is -0.271. The number of rotatable bonds is 5. The average molecular weight is 223 g/mol. The quantitative estimate of drug-likeness (QED) is 0.756. The van der Waals surface area contributed by atoms with E-state index in [1.165, 1.54) is 7.11 Å². The van der Waals surface area contributed by atoms with Gasteiger partial charge in [0.05, 0.1) is 19.0 Å². The zero-order chi connectivity index (χ0) is 12.0. The summed E-state index contributed by atoms with van der Waals surface area (Å²) in [4.78, 5) is 17.3. The van der Waals surface area contributed by atoms with Gasteiger partial charge in [0.2, 0.25) is 0 Å². The molecule has 5 heteroatoms. The Morgan fingerprint density at radius 1 is 1.56 bits per heavy atom. The summed E-state index contributed by atoms with van der Waals surface area (Å²) in [7, 11) is 1.38. The van der Waals surface area contributed by atoms with Crippen molar-refractivity contribution in [3.05, 3.63) is 18.3 Å². The molecule has 0 saturated carbocycles. The molecule has 0 bridgehead atoms. The lowest BCUT2D eigenvalue weighted by Gasteiger charge is -2.21. The normalized spacial score (nSPS) is 9.88. The van der Waals surface area contributed by atoms with Crippen molar-refractivity contribution in [2.75, 3.05) is 30.8 Å². The molecule has 88 valence electrons. The number of nitrogen functional groups attached to an aromatic ring is 1. The van der Waals surface area contributed by atoms with E-state index >= 15 is 0 Å². The van der Waals surface area contributed by atoms with Crippen LogP contribution in [0.4, 0.5) is 11.5 Å². The molecule has 0 atom stereocenters. The first-order chi connectivity index (χ1) is 7.67. The van der Waals surface area contributed by atoms with Crippen molar-refractivity contribution in [3.8, 4) is 0 Å². The summed E-state index contributed by atoms with van der Waals surface area (Å²) >= 11 is 0. The van der Waals surface area contributed by atoms with Crippen LogP contribution in [0.2, 0.25) is 0 Å². The van der Waals surface area contributed by atoms with E-state index in [4.69, 9.17) is 5.73 Å². The second-order valence-corrected chi connectivity index (χ2v) is 3.45. The topological polar surface area (TPSA) is 68.5 Å². The molecule has 0 fully saturated rings. The molecular formula is C11H17N3O2. The van der Waals surface area contributed by atoms with E-state index in [0.717, 1.165) is 18.8 Å². The number of ether oxygens (including phenoxy) is 1. The summed E-state index contributed by atoms with van der Waals surface area (Å²) in [5.74, 6) is 0.466. The lowest BCUT2D eigenvalue weighted by atomic mass is 10.3. The van der Waals surface area contributed by atoms with Crippen LogP contribution in [0.15, 0.2) is 18.3 Å². The zero-order valence-electron chi connectivity index (χ0n) is 9.64. The van der Waals surface area contributed by atoms with Crippen LogP contribution in [0.25, 0.3) is 0 Å². The summed E-state index contributed by atoms with van der Waals surface area (Å²) < 4.78 is 4.64. The Hall–Kier alpha value is -1.78. The minimum absolute atomic E-state index is 0.210. The predicted octanol–water partition coefficient (Wildman–Crippen LogP) is 1.05. The fraction of sp³-hybridized carbons (Fsp3) is 0.455. The van der Waals surface area contributed by atoms with Gasteiger partial charge in [0.15, 0.2) is 0 Å². The third-order valence-corrected chi connectivity index (χ3v) is 2.14. The van der Waals surface area contributed by atoms with Crippen molar-refractivity contribution in [3.63, 3.8) is 0 Å². The molecule has 5 nitrogen and oxygen atoms in total. The van der Waals surface area contributed by atoms with Crippen LogP contribution in [-0.2, 0) is 9.53 Å². The highest BCUT2D eigenvalue weighted by atomic mass is 16.5. The summed E-state index contributed by atoms with van der Waals surface area (Å²) in [5, 5.41) is 0. The molecule has 1 aromatic heterocycles. The van der Waals surface area contributed by atoms with Gasteiger partial charge in [-0.15, -0.1) is 0 Å². The maximum Gasteiger partial charge on any atom is 0.325 e. The Labute approximate surface area is 95.2 Å². The third-order valence-electron chi connectivity index (χ3n) is 2.14. The Morgan fingerprint density at radius 3 is 2.81 bits per heavy atom. The fourth-order valence-electron chi connectivity index (χ4n) is 1.35. The summed E-state index contributed by atoms with van der Waals surface area (Å²) in [5.41, 5.74) is 6.17. The molecule has 1 heterocycles. The Bertz CT molecular complexity index is 338. The first kappa shape index (κ1) is 12.3. The third kappa shape index (κ3) is 3.42. The standard InChI is InChI=1S/C11H17N3O2/c1-3-6-14(8-11(15)16-2)10-5-4-9(12)7-13-10/h4-5,7H,3,6,8,12H2,1-2H3. The van der Waals surface area contributed by atoms with Crippen LogP contribution in [0, 0.1) is 0 Å². The Kier molecular flexibility index (Phi) is 4.57. The van der Waals surface area contributed by atoms with Crippen LogP contribution >= 0.6 is 0 Å². The second-order valence-electron chi connectivity index (χ2n) is 3.45. The summed E-state index contributed by atoms with van der Waals surface area (Å²) in [6.45, 7) is 3.01. The largest absolute Gasteiger partial charge is 0.468 e. The van der Waals surface area contributed by atoms with Crippen molar-refractivity contribution < 1.29 is 9.53 Å². The number of esters is 1. The molecule has 1 rings (SSSR count). The molecule has 0 spiro atoms. The molecule has 0 aliphatic rings. The van der Waals surface area contributed by atoms with Crippen molar-refractivity contribution in [1.29, 1.82) is 0 Å². The van der Waals surface area contributed by atoms with Crippen molar-refractivity contribution in [2.24, 2.45) is 0 Å². The highest BCUT2D eigenvalue weighted by molar-refractivity contribution is 5.75. The molecule has 16 heavy (non-hydrogen) atoms. The maximum atomic E-state index is 11.2. The fourth-order valence-corrected chi connectivity index (χ4v) is 1.35. The van der Waals surface area contributed by atoms with Crippen molar-refractivity contribution in [2.45, 2.75) is 13.3 Å². The van der Waals surface area contributed by atoms with Gasteiger partial charge in [-0.1, -0.05) is 6.92 Å². The predicted molar refractivity (Wildman–Crippen MR) is 63.2 cm³/mol. The van der Waals surface area contributed by atoms with E-state index in [2.05, 4.69) is 9.72 Å². The van der Waals surface area contributed by atoms with Crippen LogP contribution < -0.4 is 10.6 Å². The number of hydrogen-bond acceptors (Lipinski definition) is 5. The Balaban J connectivity index is 2.76. The van der Waals surface area contributed by atoms with Gasteiger partial charge in [0.25, 0.3) is 0 Å². The van der Waals surface area contributed by atoms with Gasteiger partial charge in [0, 0.05) is 6.54 Å². The number of nitrogens with two attached hydrogens (primary N) is 1. The zero-order valence-corrected chi connectivity index (χ0v) is 9.64. The SMILES string of the molecule is CCCN(CC(=O)OC)c1ccc(N)cn1.